The summed E-state index contributed by atoms with van der Waals surface area (Å²) >= 11 is 0. The number of rotatable bonds is 4. The molecule has 1 N–H and O–H groups in total. The van der Waals surface area contributed by atoms with Crippen molar-refractivity contribution in [1.82, 2.24) is 15.1 Å². The third-order valence-corrected chi connectivity index (χ3v) is 3.82. The number of carbonyl (C=O) groups is 3. The van der Waals surface area contributed by atoms with Gasteiger partial charge in [0.15, 0.2) is 5.78 Å². The van der Waals surface area contributed by atoms with Crippen LogP contribution in [0.4, 0.5) is 4.79 Å². The van der Waals surface area contributed by atoms with Crippen molar-refractivity contribution in [1.29, 1.82) is 0 Å². The third kappa shape index (κ3) is 4.58. The maximum atomic E-state index is 12.4. The highest BCUT2D eigenvalue weighted by atomic mass is 16.6. The summed E-state index contributed by atoms with van der Waals surface area (Å²) in [6.45, 7) is 9.43. The van der Waals surface area contributed by atoms with Gasteiger partial charge in [-0.1, -0.05) is 0 Å². The van der Waals surface area contributed by atoms with Gasteiger partial charge in [0.1, 0.15) is 17.7 Å². The number of Topliss-reactive ketones (excluding diaryl/α,β-unsaturated/α-hetero) is 1. The number of aromatic amines is 1. The van der Waals surface area contributed by atoms with Crippen LogP contribution in [0.3, 0.4) is 0 Å². The van der Waals surface area contributed by atoms with Gasteiger partial charge in [-0.05, 0) is 34.6 Å². The quantitative estimate of drug-likeness (QED) is 0.507. The average Bonchev–Trinajstić information content (AvgIpc) is 2.87. The van der Waals surface area contributed by atoms with Gasteiger partial charge in [-0.3, -0.25) is 14.7 Å². The van der Waals surface area contributed by atoms with E-state index in [0.717, 1.165) is 5.69 Å². The molecule has 0 fully saturated rings. The second kappa shape index (κ2) is 7.25. The molecule has 0 spiro atoms. The van der Waals surface area contributed by atoms with Crippen molar-refractivity contribution in [3.63, 3.8) is 0 Å². The predicted molar refractivity (Wildman–Crippen MR) is 89.1 cm³/mol. The minimum absolute atomic E-state index is 0.0985. The smallest absolute Gasteiger partial charge is 0.410 e. The Morgan fingerprint density at radius 3 is 2.60 bits per heavy atom. The van der Waals surface area contributed by atoms with Crippen molar-refractivity contribution in [2.75, 3.05) is 6.61 Å². The number of ketones is 1. The summed E-state index contributed by atoms with van der Waals surface area (Å²) < 4.78 is 10.2. The van der Waals surface area contributed by atoms with Crippen molar-refractivity contribution in [3.05, 3.63) is 17.0 Å². The van der Waals surface area contributed by atoms with Crippen LogP contribution in [0, 0.1) is 0 Å². The second-order valence-corrected chi connectivity index (χ2v) is 7.09. The van der Waals surface area contributed by atoms with Crippen LogP contribution in [-0.2, 0) is 27.2 Å². The summed E-state index contributed by atoms with van der Waals surface area (Å²) in [5, 5.41) is 6.88. The van der Waals surface area contributed by atoms with E-state index < -0.39 is 23.4 Å². The topological polar surface area (TPSA) is 102 Å². The Hall–Kier alpha value is -2.38. The Balaban J connectivity index is 2.17. The van der Waals surface area contributed by atoms with Crippen LogP contribution < -0.4 is 0 Å². The lowest BCUT2D eigenvalue weighted by molar-refractivity contribution is -0.141. The SMILES string of the molecule is CCOC(=O)CC(=O)c1[nH]nc2c1CN(C(=O)OC(C)(C)C)[C@H](C)C2. The van der Waals surface area contributed by atoms with Crippen LogP contribution in [0.25, 0.3) is 0 Å². The molecule has 0 unspecified atom stereocenters. The minimum atomic E-state index is -0.601. The van der Waals surface area contributed by atoms with Crippen LogP contribution in [-0.4, -0.2) is 51.2 Å². The molecular formula is C17H25N3O5. The lowest BCUT2D eigenvalue weighted by Gasteiger charge is -2.34. The summed E-state index contributed by atoms with van der Waals surface area (Å²) in [6.07, 6.45) is -0.280. The van der Waals surface area contributed by atoms with Crippen molar-refractivity contribution in [2.45, 2.75) is 65.6 Å². The van der Waals surface area contributed by atoms with Gasteiger partial charge in [0.25, 0.3) is 0 Å². The second-order valence-electron chi connectivity index (χ2n) is 7.09. The Labute approximate surface area is 146 Å². The van der Waals surface area contributed by atoms with E-state index in [9.17, 15) is 14.4 Å². The first kappa shape index (κ1) is 19.0. The van der Waals surface area contributed by atoms with Gasteiger partial charge in [0.2, 0.25) is 0 Å². The Morgan fingerprint density at radius 2 is 2.00 bits per heavy atom. The number of esters is 1. The molecule has 0 aromatic carbocycles. The van der Waals surface area contributed by atoms with Crippen LogP contribution in [0.1, 0.15) is 62.8 Å². The van der Waals surface area contributed by atoms with Crippen LogP contribution in [0.2, 0.25) is 0 Å². The van der Waals surface area contributed by atoms with Gasteiger partial charge in [-0.15, -0.1) is 0 Å². The van der Waals surface area contributed by atoms with E-state index in [-0.39, 0.29) is 31.3 Å². The molecule has 25 heavy (non-hydrogen) atoms. The highest BCUT2D eigenvalue weighted by molar-refractivity contribution is 6.05. The zero-order chi connectivity index (χ0) is 18.8. The summed E-state index contributed by atoms with van der Waals surface area (Å²) in [6, 6.07) is -0.0985. The summed E-state index contributed by atoms with van der Waals surface area (Å²) in [4.78, 5) is 37.9. The fourth-order valence-corrected chi connectivity index (χ4v) is 2.69. The van der Waals surface area contributed by atoms with E-state index in [4.69, 9.17) is 9.47 Å². The fraction of sp³-hybridized carbons (Fsp3) is 0.647. The monoisotopic (exact) mass is 351 g/mol. The fourth-order valence-electron chi connectivity index (χ4n) is 2.69. The number of hydrogen-bond acceptors (Lipinski definition) is 6. The number of carbonyl (C=O) groups excluding carboxylic acids is 3. The van der Waals surface area contributed by atoms with Crippen molar-refractivity contribution < 1.29 is 23.9 Å². The molecule has 0 saturated heterocycles. The van der Waals surface area contributed by atoms with E-state index in [2.05, 4.69) is 10.2 Å². The number of fused-ring (bicyclic) bond motifs is 1. The Kier molecular flexibility index (Phi) is 5.49. The zero-order valence-corrected chi connectivity index (χ0v) is 15.3. The lowest BCUT2D eigenvalue weighted by atomic mass is 9.98. The molecule has 1 atom stereocenters. The largest absolute Gasteiger partial charge is 0.466 e. The minimum Gasteiger partial charge on any atom is -0.466 e. The molecule has 1 aliphatic rings. The summed E-state index contributed by atoms with van der Waals surface area (Å²) in [5.74, 6) is -0.977. The molecule has 1 aromatic rings. The predicted octanol–water partition coefficient (Wildman–Crippen LogP) is 2.23. The maximum absolute atomic E-state index is 12.4. The van der Waals surface area contributed by atoms with Gasteiger partial charge in [-0.25, -0.2) is 4.79 Å². The van der Waals surface area contributed by atoms with Crippen molar-refractivity contribution in [2.24, 2.45) is 0 Å². The first-order chi connectivity index (χ1) is 11.6. The van der Waals surface area contributed by atoms with Gasteiger partial charge < -0.3 is 14.4 Å². The third-order valence-electron chi connectivity index (χ3n) is 3.82. The zero-order valence-electron chi connectivity index (χ0n) is 15.3. The van der Waals surface area contributed by atoms with E-state index >= 15 is 0 Å². The molecular weight excluding hydrogens is 326 g/mol. The summed E-state index contributed by atoms with van der Waals surface area (Å²) in [5.41, 5.74) is 1.03. The van der Waals surface area contributed by atoms with Crippen LogP contribution in [0.5, 0.6) is 0 Å². The van der Waals surface area contributed by atoms with E-state index in [0.29, 0.717) is 12.0 Å². The molecule has 1 aromatic heterocycles. The number of aromatic nitrogens is 2. The standard InChI is InChI=1S/C17H25N3O5/c1-6-24-14(22)8-13(21)15-11-9-20(16(23)25-17(3,4)5)10(2)7-12(11)18-19-15/h10H,6-9H2,1-5H3,(H,18,19)/t10-/m1/s1. The van der Waals surface area contributed by atoms with Crippen molar-refractivity contribution >= 4 is 17.8 Å². The van der Waals surface area contributed by atoms with Gasteiger partial charge in [-0.2, -0.15) is 5.10 Å². The average molecular weight is 351 g/mol. The Morgan fingerprint density at radius 1 is 1.32 bits per heavy atom. The first-order valence-corrected chi connectivity index (χ1v) is 8.37. The first-order valence-electron chi connectivity index (χ1n) is 8.37. The molecule has 2 rings (SSSR count). The molecule has 8 heteroatoms. The lowest BCUT2D eigenvalue weighted by Crippen LogP contribution is -2.45. The molecule has 0 bridgehead atoms. The molecule has 1 aliphatic heterocycles. The number of H-pyrrole nitrogens is 1. The molecule has 8 nitrogen and oxygen atoms in total. The van der Waals surface area contributed by atoms with Crippen molar-refractivity contribution in [3.8, 4) is 0 Å². The van der Waals surface area contributed by atoms with E-state index in [1.54, 1.807) is 32.6 Å². The molecule has 1 amide bonds. The van der Waals surface area contributed by atoms with Crippen LogP contribution >= 0.6 is 0 Å². The number of nitrogens with zero attached hydrogens (tertiary/aromatic N) is 2. The molecule has 0 aliphatic carbocycles. The summed E-state index contributed by atoms with van der Waals surface area (Å²) in [7, 11) is 0. The molecule has 138 valence electrons. The van der Waals surface area contributed by atoms with E-state index in [1.165, 1.54) is 0 Å². The molecule has 0 radical (unpaired) electrons. The molecule has 0 saturated carbocycles. The number of nitrogens with one attached hydrogen (secondary N) is 1. The van der Waals surface area contributed by atoms with Gasteiger partial charge in [0.05, 0.1) is 18.8 Å². The maximum Gasteiger partial charge on any atom is 0.410 e. The number of ether oxygens (including phenoxy) is 2. The van der Waals surface area contributed by atoms with E-state index in [1.807, 2.05) is 6.92 Å². The Bertz CT molecular complexity index is 674. The van der Waals surface area contributed by atoms with Crippen LogP contribution in [0.15, 0.2) is 0 Å². The molecule has 2 heterocycles. The highest BCUT2D eigenvalue weighted by Gasteiger charge is 2.34. The number of amides is 1. The highest BCUT2D eigenvalue weighted by Crippen LogP contribution is 2.26. The van der Waals surface area contributed by atoms with Gasteiger partial charge >= 0.3 is 12.1 Å². The van der Waals surface area contributed by atoms with Gasteiger partial charge in [0, 0.05) is 18.0 Å². The normalized spacial score (nSPS) is 17.0. The number of hydrogen-bond donors (Lipinski definition) is 1.